The molecule has 0 aliphatic rings. The highest BCUT2D eigenvalue weighted by molar-refractivity contribution is 7.98. The molecule has 0 heterocycles. The number of nitrogens with two attached hydrogens (primary N) is 1. The van der Waals surface area contributed by atoms with Crippen LogP contribution in [0, 0.1) is 0 Å². The monoisotopic (exact) mass is 268 g/mol. The van der Waals surface area contributed by atoms with Gasteiger partial charge in [-0.1, -0.05) is 6.07 Å². The van der Waals surface area contributed by atoms with E-state index in [1.165, 1.54) is 16.1 Å². The van der Waals surface area contributed by atoms with E-state index in [9.17, 15) is 0 Å². The minimum atomic E-state index is 0.291. The topological polar surface area (TPSA) is 49.5 Å². The molecule has 0 fully saturated rings. The summed E-state index contributed by atoms with van der Waals surface area (Å²) in [7, 11) is 2.11. The van der Waals surface area contributed by atoms with Crippen LogP contribution in [0.4, 0.5) is 5.69 Å². The van der Waals surface area contributed by atoms with E-state index in [4.69, 9.17) is 10.8 Å². The fourth-order valence-corrected chi connectivity index (χ4v) is 2.72. The molecule has 3 N–H and O–H groups in total. The Labute approximate surface area is 114 Å². The van der Waals surface area contributed by atoms with Crippen LogP contribution in [0.1, 0.15) is 24.8 Å². The molecule has 1 rings (SSSR count). The number of benzene rings is 1. The van der Waals surface area contributed by atoms with Crippen LogP contribution in [0.3, 0.4) is 0 Å². The Kier molecular flexibility index (Phi) is 7.16. The molecular formula is C14H24N2OS. The summed E-state index contributed by atoms with van der Waals surface area (Å²) in [5.41, 5.74) is 8.33. The van der Waals surface area contributed by atoms with Gasteiger partial charge in [0.05, 0.1) is 0 Å². The number of nitrogens with zero attached hydrogens (tertiary/aromatic N) is 1. The molecule has 0 saturated carbocycles. The molecule has 0 amide bonds. The van der Waals surface area contributed by atoms with Crippen LogP contribution in [-0.2, 0) is 6.54 Å². The highest BCUT2D eigenvalue weighted by Gasteiger charge is 2.09. The van der Waals surface area contributed by atoms with Crippen LogP contribution in [0.15, 0.2) is 23.1 Å². The molecule has 1 aromatic rings. The molecule has 0 radical (unpaired) electrons. The average molecular weight is 268 g/mol. The fraction of sp³-hybridized carbons (Fsp3) is 0.571. The zero-order valence-corrected chi connectivity index (χ0v) is 12.2. The van der Waals surface area contributed by atoms with Crippen molar-refractivity contribution in [3.05, 3.63) is 23.8 Å². The maximum absolute atomic E-state index is 8.77. The van der Waals surface area contributed by atoms with E-state index < -0.39 is 0 Å². The minimum Gasteiger partial charge on any atom is -0.396 e. The number of aliphatic hydroxyl groups is 1. The summed E-state index contributed by atoms with van der Waals surface area (Å²) in [4.78, 5) is 3.52. The molecule has 3 nitrogen and oxygen atoms in total. The van der Waals surface area contributed by atoms with Gasteiger partial charge < -0.3 is 15.7 Å². The third kappa shape index (κ3) is 4.19. The molecule has 102 valence electrons. The lowest BCUT2D eigenvalue weighted by molar-refractivity contribution is 0.283. The normalized spacial score (nSPS) is 10.7. The first-order chi connectivity index (χ1) is 8.74. The van der Waals surface area contributed by atoms with Crippen LogP contribution in [-0.4, -0.2) is 31.6 Å². The van der Waals surface area contributed by atoms with Gasteiger partial charge in [-0.05, 0) is 37.7 Å². The molecule has 0 atom stereocenters. The van der Waals surface area contributed by atoms with Gasteiger partial charge in [0, 0.05) is 42.9 Å². The summed E-state index contributed by atoms with van der Waals surface area (Å²) >= 11 is 1.74. The van der Waals surface area contributed by atoms with E-state index in [1.807, 2.05) is 0 Å². The molecule has 0 unspecified atom stereocenters. The first kappa shape index (κ1) is 15.3. The zero-order valence-electron chi connectivity index (χ0n) is 11.4. The van der Waals surface area contributed by atoms with Crippen molar-refractivity contribution in [2.45, 2.75) is 30.7 Å². The van der Waals surface area contributed by atoms with E-state index in [0.717, 1.165) is 25.8 Å². The summed E-state index contributed by atoms with van der Waals surface area (Å²) < 4.78 is 0. The van der Waals surface area contributed by atoms with E-state index in [1.54, 1.807) is 11.8 Å². The van der Waals surface area contributed by atoms with Crippen LogP contribution in [0.5, 0.6) is 0 Å². The van der Waals surface area contributed by atoms with Gasteiger partial charge in [-0.2, -0.15) is 0 Å². The summed E-state index contributed by atoms with van der Waals surface area (Å²) in [5, 5.41) is 8.77. The minimum absolute atomic E-state index is 0.291. The second-order valence-electron chi connectivity index (χ2n) is 4.37. The van der Waals surface area contributed by atoms with Crippen LogP contribution >= 0.6 is 11.8 Å². The van der Waals surface area contributed by atoms with Crippen molar-refractivity contribution in [1.29, 1.82) is 0 Å². The summed E-state index contributed by atoms with van der Waals surface area (Å²) in [5.74, 6) is 0. The van der Waals surface area contributed by atoms with Crippen molar-refractivity contribution >= 4 is 17.4 Å². The molecular weight excluding hydrogens is 244 g/mol. The molecule has 0 bridgehead atoms. The zero-order chi connectivity index (χ0) is 13.4. The maximum atomic E-state index is 8.77. The molecule has 0 saturated heterocycles. The first-order valence-corrected chi connectivity index (χ1v) is 7.65. The largest absolute Gasteiger partial charge is 0.396 e. The number of aliphatic hydroxyl groups excluding tert-OH is 1. The lowest BCUT2D eigenvalue weighted by atomic mass is 10.1. The summed E-state index contributed by atoms with van der Waals surface area (Å²) in [6.45, 7) is 1.87. The number of hydrogen-bond donors (Lipinski definition) is 2. The molecule has 0 aliphatic heterocycles. The van der Waals surface area contributed by atoms with Gasteiger partial charge in [0.15, 0.2) is 0 Å². The Morgan fingerprint density at radius 3 is 2.67 bits per heavy atom. The SMILES string of the molecule is CSc1cccc(N(C)CCCCCO)c1CN. The van der Waals surface area contributed by atoms with E-state index >= 15 is 0 Å². The average Bonchev–Trinajstić information content (AvgIpc) is 2.42. The highest BCUT2D eigenvalue weighted by Crippen LogP contribution is 2.28. The lowest BCUT2D eigenvalue weighted by Gasteiger charge is -2.23. The van der Waals surface area contributed by atoms with Gasteiger partial charge in [-0.15, -0.1) is 11.8 Å². The first-order valence-electron chi connectivity index (χ1n) is 6.42. The smallest absolute Gasteiger partial charge is 0.0431 e. The molecule has 4 heteroatoms. The molecule has 0 aliphatic carbocycles. The Hall–Kier alpha value is -0.710. The van der Waals surface area contributed by atoms with Gasteiger partial charge >= 0.3 is 0 Å². The van der Waals surface area contributed by atoms with Crippen molar-refractivity contribution in [3.63, 3.8) is 0 Å². The number of rotatable bonds is 8. The predicted molar refractivity (Wildman–Crippen MR) is 80.3 cm³/mol. The van der Waals surface area contributed by atoms with Gasteiger partial charge in [0.25, 0.3) is 0 Å². The Balaban J connectivity index is 2.69. The standard InChI is InChI=1S/C14H24N2OS/c1-16(9-4-3-5-10-17)13-7-6-8-14(18-2)12(13)11-15/h6-8,17H,3-5,9-11,15H2,1-2H3. The molecule has 18 heavy (non-hydrogen) atoms. The van der Waals surface area contributed by atoms with Crippen molar-refractivity contribution in [1.82, 2.24) is 0 Å². The Bertz CT molecular complexity index is 358. The van der Waals surface area contributed by atoms with Gasteiger partial charge in [0.1, 0.15) is 0 Å². The van der Waals surface area contributed by atoms with Crippen LogP contribution < -0.4 is 10.6 Å². The third-order valence-electron chi connectivity index (χ3n) is 3.10. The van der Waals surface area contributed by atoms with Gasteiger partial charge in [-0.25, -0.2) is 0 Å². The molecule has 0 spiro atoms. The van der Waals surface area contributed by atoms with Gasteiger partial charge in [0.2, 0.25) is 0 Å². The van der Waals surface area contributed by atoms with E-state index in [-0.39, 0.29) is 0 Å². The van der Waals surface area contributed by atoms with Crippen molar-refractivity contribution < 1.29 is 5.11 Å². The van der Waals surface area contributed by atoms with Crippen LogP contribution in [0.25, 0.3) is 0 Å². The molecule has 0 aromatic heterocycles. The third-order valence-corrected chi connectivity index (χ3v) is 3.92. The summed E-state index contributed by atoms with van der Waals surface area (Å²) in [6.07, 6.45) is 5.15. The lowest BCUT2D eigenvalue weighted by Crippen LogP contribution is -2.21. The van der Waals surface area contributed by atoms with Gasteiger partial charge in [-0.3, -0.25) is 0 Å². The highest BCUT2D eigenvalue weighted by atomic mass is 32.2. The van der Waals surface area contributed by atoms with E-state index in [0.29, 0.717) is 13.2 Å². The second-order valence-corrected chi connectivity index (χ2v) is 5.22. The fourth-order valence-electron chi connectivity index (χ4n) is 2.07. The quantitative estimate of drug-likeness (QED) is 0.562. The number of thioether (sulfide) groups is 1. The predicted octanol–water partition coefficient (Wildman–Crippen LogP) is 2.47. The second kappa shape index (κ2) is 8.40. The van der Waals surface area contributed by atoms with Crippen molar-refractivity contribution in [2.24, 2.45) is 5.73 Å². The Morgan fingerprint density at radius 2 is 2.06 bits per heavy atom. The summed E-state index contributed by atoms with van der Waals surface area (Å²) in [6, 6.07) is 6.34. The van der Waals surface area contributed by atoms with Crippen LogP contribution in [0.2, 0.25) is 0 Å². The maximum Gasteiger partial charge on any atom is 0.0431 e. The van der Waals surface area contributed by atoms with Crippen molar-refractivity contribution in [2.75, 3.05) is 31.4 Å². The van der Waals surface area contributed by atoms with Crippen molar-refractivity contribution in [3.8, 4) is 0 Å². The number of hydrogen-bond acceptors (Lipinski definition) is 4. The number of anilines is 1. The Morgan fingerprint density at radius 1 is 1.28 bits per heavy atom. The number of unbranched alkanes of at least 4 members (excludes halogenated alkanes) is 2. The van der Waals surface area contributed by atoms with E-state index in [2.05, 4.69) is 36.4 Å². The molecule has 1 aromatic carbocycles.